The largest absolute Gasteiger partial charge is 0.471 e. The normalized spacial score (nSPS) is 16.8. The minimum atomic E-state index is -4.95. The third-order valence-electron chi connectivity index (χ3n) is 3.69. The molecule has 1 N–H and O–H groups in total. The molecule has 1 amide bonds. The lowest BCUT2D eigenvalue weighted by molar-refractivity contribution is -0.173. The average Bonchev–Trinajstić information content (AvgIpc) is 2.90. The van der Waals surface area contributed by atoms with E-state index in [-0.39, 0.29) is 12.4 Å². The van der Waals surface area contributed by atoms with Crippen molar-refractivity contribution >= 4 is 17.4 Å². The molecule has 0 radical (unpaired) electrons. The SMILES string of the molecule is O=C(NC[C@H]1Cc2ccccc2N1c1cc(F)ncn1)C(F)(F)F. The minimum Gasteiger partial charge on any atom is -0.346 e. The highest BCUT2D eigenvalue weighted by Crippen LogP contribution is 2.37. The van der Waals surface area contributed by atoms with Crippen LogP contribution in [0.5, 0.6) is 0 Å². The first-order chi connectivity index (χ1) is 11.4. The summed E-state index contributed by atoms with van der Waals surface area (Å²) in [7, 11) is 0. The minimum absolute atomic E-state index is 0.221. The van der Waals surface area contributed by atoms with Gasteiger partial charge in [0, 0.05) is 18.3 Å². The molecule has 0 saturated heterocycles. The molecule has 1 aliphatic heterocycles. The molecular formula is C15H12F4N4O. The Hall–Kier alpha value is -2.71. The Labute approximate surface area is 134 Å². The van der Waals surface area contributed by atoms with Gasteiger partial charge in [0.2, 0.25) is 5.95 Å². The number of rotatable bonds is 3. The van der Waals surface area contributed by atoms with Gasteiger partial charge in [-0.2, -0.15) is 17.6 Å². The lowest BCUT2D eigenvalue weighted by Crippen LogP contribution is -2.44. The van der Waals surface area contributed by atoms with Gasteiger partial charge in [-0.25, -0.2) is 9.97 Å². The number of hydrogen-bond donors (Lipinski definition) is 1. The molecule has 0 spiro atoms. The van der Waals surface area contributed by atoms with E-state index < -0.39 is 24.1 Å². The van der Waals surface area contributed by atoms with Crippen molar-refractivity contribution < 1.29 is 22.4 Å². The van der Waals surface area contributed by atoms with Crippen LogP contribution in [0.4, 0.5) is 29.1 Å². The van der Waals surface area contributed by atoms with Crippen LogP contribution in [-0.2, 0) is 11.2 Å². The number of halogens is 4. The van der Waals surface area contributed by atoms with Crippen molar-refractivity contribution in [2.75, 3.05) is 11.4 Å². The first-order valence-corrected chi connectivity index (χ1v) is 7.06. The Morgan fingerprint density at radius 3 is 2.75 bits per heavy atom. The van der Waals surface area contributed by atoms with Crippen molar-refractivity contribution in [2.24, 2.45) is 0 Å². The van der Waals surface area contributed by atoms with Crippen molar-refractivity contribution in [1.29, 1.82) is 0 Å². The van der Waals surface area contributed by atoms with Crippen LogP contribution >= 0.6 is 0 Å². The first kappa shape index (κ1) is 16.2. The molecule has 1 aromatic heterocycles. The molecule has 3 rings (SSSR count). The third-order valence-corrected chi connectivity index (χ3v) is 3.69. The number of alkyl halides is 3. The summed E-state index contributed by atoms with van der Waals surface area (Å²) in [5.41, 5.74) is 1.59. The van der Waals surface area contributed by atoms with Crippen molar-refractivity contribution in [3.63, 3.8) is 0 Å². The van der Waals surface area contributed by atoms with Gasteiger partial charge in [-0.3, -0.25) is 4.79 Å². The summed E-state index contributed by atoms with van der Waals surface area (Å²) in [6, 6.07) is 7.74. The molecular weight excluding hydrogens is 328 g/mol. The van der Waals surface area contributed by atoms with Gasteiger partial charge >= 0.3 is 12.1 Å². The summed E-state index contributed by atoms with van der Waals surface area (Å²) in [6.07, 6.45) is -3.51. The van der Waals surface area contributed by atoms with Crippen LogP contribution in [0.2, 0.25) is 0 Å². The molecule has 2 heterocycles. The maximum absolute atomic E-state index is 13.4. The Morgan fingerprint density at radius 1 is 1.29 bits per heavy atom. The lowest BCUT2D eigenvalue weighted by Gasteiger charge is -2.26. The van der Waals surface area contributed by atoms with E-state index in [0.717, 1.165) is 18.0 Å². The highest BCUT2D eigenvalue weighted by molar-refractivity contribution is 5.82. The maximum Gasteiger partial charge on any atom is 0.471 e. The summed E-state index contributed by atoms with van der Waals surface area (Å²) < 4.78 is 50.5. The molecule has 126 valence electrons. The summed E-state index contributed by atoms with van der Waals surface area (Å²) in [6.45, 7) is -0.251. The molecule has 0 fully saturated rings. The number of aromatic nitrogens is 2. The van der Waals surface area contributed by atoms with Gasteiger partial charge in [-0.1, -0.05) is 18.2 Å². The van der Waals surface area contributed by atoms with Crippen LogP contribution in [0.1, 0.15) is 5.56 Å². The summed E-state index contributed by atoms with van der Waals surface area (Å²) in [4.78, 5) is 20.0. The van der Waals surface area contributed by atoms with Crippen molar-refractivity contribution in [2.45, 2.75) is 18.6 Å². The molecule has 0 saturated carbocycles. The van der Waals surface area contributed by atoms with E-state index in [2.05, 4.69) is 9.97 Å². The number of carbonyl (C=O) groups is 1. The number of para-hydroxylation sites is 1. The Balaban J connectivity index is 1.87. The molecule has 0 bridgehead atoms. The van der Waals surface area contributed by atoms with E-state index in [9.17, 15) is 22.4 Å². The predicted molar refractivity (Wildman–Crippen MR) is 77.1 cm³/mol. The quantitative estimate of drug-likeness (QED) is 0.688. The molecule has 0 unspecified atom stereocenters. The highest BCUT2D eigenvalue weighted by atomic mass is 19.4. The van der Waals surface area contributed by atoms with Crippen LogP contribution in [0.3, 0.4) is 0 Å². The van der Waals surface area contributed by atoms with Crippen LogP contribution < -0.4 is 10.2 Å². The Kier molecular flexibility index (Phi) is 4.08. The fourth-order valence-corrected chi connectivity index (χ4v) is 2.70. The fourth-order valence-electron chi connectivity index (χ4n) is 2.70. The number of hydrogen-bond acceptors (Lipinski definition) is 4. The van der Waals surface area contributed by atoms with Crippen molar-refractivity contribution in [3.8, 4) is 0 Å². The zero-order valence-electron chi connectivity index (χ0n) is 12.2. The van der Waals surface area contributed by atoms with Crippen LogP contribution in [0.25, 0.3) is 0 Å². The number of amides is 1. The van der Waals surface area contributed by atoms with Gasteiger partial charge in [0.15, 0.2) is 0 Å². The molecule has 1 aliphatic rings. The van der Waals surface area contributed by atoms with E-state index in [0.29, 0.717) is 12.1 Å². The molecule has 0 aliphatic carbocycles. The van der Waals surface area contributed by atoms with E-state index in [1.807, 2.05) is 11.4 Å². The van der Waals surface area contributed by atoms with E-state index in [1.165, 1.54) is 0 Å². The topological polar surface area (TPSA) is 58.1 Å². The second-order valence-corrected chi connectivity index (χ2v) is 5.26. The smallest absolute Gasteiger partial charge is 0.346 e. The van der Waals surface area contributed by atoms with Crippen molar-refractivity contribution in [1.82, 2.24) is 15.3 Å². The van der Waals surface area contributed by atoms with Gasteiger partial charge < -0.3 is 10.2 Å². The van der Waals surface area contributed by atoms with Gasteiger partial charge in [-0.15, -0.1) is 0 Å². The molecule has 9 heteroatoms. The van der Waals surface area contributed by atoms with Crippen LogP contribution in [0.15, 0.2) is 36.7 Å². The average molecular weight is 340 g/mol. The Morgan fingerprint density at radius 2 is 2.04 bits per heavy atom. The number of anilines is 2. The second kappa shape index (κ2) is 6.06. The number of fused-ring (bicyclic) bond motifs is 1. The monoisotopic (exact) mass is 340 g/mol. The maximum atomic E-state index is 13.4. The molecule has 5 nitrogen and oxygen atoms in total. The fraction of sp³-hybridized carbons (Fsp3) is 0.267. The van der Waals surface area contributed by atoms with Gasteiger partial charge in [-0.05, 0) is 18.1 Å². The predicted octanol–water partition coefficient (Wildman–Crippen LogP) is 2.36. The summed E-state index contributed by atoms with van der Waals surface area (Å²) in [5, 5.41) is 1.87. The summed E-state index contributed by atoms with van der Waals surface area (Å²) in [5.74, 6) is -2.53. The van der Waals surface area contributed by atoms with Gasteiger partial charge in [0.05, 0.1) is 6.04 Å². The summed E-state index contributed by atoms with van der Waals surface area (Å²) >= 11 is 0. The van der Waals surface area contributed by atoms with Crippen molar-refractivity contribution in [3.05, 3.63) is 48.2 Å². The number of carbonyl (C=O) groups excluding carboxylic acids is 1. The molecule has 2 aromatic rings. The lowest BCUT2D eigenvalue weighted by atomic mass is 10.1. The van der Waals surface area contributed by atoms with Gasteiger partial charge in [0.1, 0.15) is 12.1 Å². The third kappa shape index (κ3) is 3.15. The van der Waals surface area contributed by atoms with E-state index >= 15 is 0 Å². The second-order valence-electron chi connectivity index (χ2n) is 5.26. The zero-order chi connectivity index (χ0) is 17.3. The zero-order valence-corrected chi connectivity index (χ0v) is 12.2. The highest BCUT2D eigenvalue weighted by Gasteiger charge is 2.40. The van der Waals surface area contributed by atoms with E-state index in [4.69, 9.17) is 0 Å². The van der Waals surface area contributed by atoms with Gasteiger partial charge in [0.25, 0.3) is 0 Å². The molecule has 24 heavy (non-hydrogen) atoms. The number of nitrogens with one attached hydrogen (secondary N) is 1. The van der Waals surface area contributed by atoms with Crippen LogP contribution in [-0.4, -0.2) is 34.6 Å². The number of nitrogens with zero attached hydrogens (tertiary/aromatic N) is 3. The van der Waals surface area contributed by atoms with Crippen LogP contribution in [0, 0.1) is 5.95 Å². The standard InChI is InChI=1S/C15H12F4N4O/c16-12-6-13(22-8-21-12)23-10(7-20-14(24)15(17,18)19)5-9-3-1-2-4-11(9)23/h1-4,6,8,10H,5,7H2,(H,20,24)/t10-/m1/s1. The molecule has 1 atom stereocenters. The Bertz CT molecular complexity index is 765. The molecule has 1 aromatic carbocycles. The number of benzene rings is 1. The first-order valence-electron chi connectivity index (χ1n) is 7.06. The van der Waals surface area contributed by atoms with E-state index in [1.54, 1.807) is 23.1 Å².